The number of amides is 2. The highest BCUT2D eigenvalue weighted by Gasteiger charge is 2.16. The van der Waals surface area contributed by atoms with Gasteiger partial charge in [-0.2, -0.15) is 5.10 Å². The van der Waals surface area contributed by atoms with Crippen molar-refractivity contribution in [1.82, 2.24) is 15.1 Å². The van der Waals surface area contributed by atoms with Gasteiger partial charge in [-0.1, -0.05) is 0 Å². The summed E-state index contributed by atoms with van der Waals surface area (Å²) in [7, 11) is 0. The number of anilines is 2. The number of carbonyl (C=O) groups is 2. The molecule has 0 bridgehead atoms. The predicted octanol–water partition coefficient (Wildman–Crippen LogP) is 1.29. The lowest BCUT2D eigenvalue weighted by Crippen LogP contribution is -2.34. The number of nitrogens with zero attached hydrogens (tertiary/aromatic N) is 2. The van der Waals surface area contributed by atoms with E-state index >= 15 is 0 Å². The fourth-order valence-electron chi connectivity index (χ4n) is 1.55. The third-order valence-corrected chi connectivity index (χ3v) is 2.47. The number of nitrogens with one attached hydrogen (secondary N) is 2. The first-order valence-corrected chi connectivity index (χ1v) is 6.87. The van der Waals surface area contributed by atoms with Gasteiger partial charge in [0, 0.05) is 13.0 Å². The van der Waals surface area contributed by atoms with Gasteiger partial charge in [0.1, 0.15) is 23.8 Å². The normalized spacial score (nSPS) is 11.1. The Labute approximate surface area is 128 Å². The van der Waals surface area contributed by atoms with Crippen LogP contribution in [0.5, 0.6) is 0 Å². The van der Waals surface area contributed by atoms with E-state index in [0.29, 0.717) is 5.69 Å². The Balaban J connectivity index is 2.36. The summed E-state index contributed by atoms with van der Waals surface area (Å²) >= 11 is 0. The van der Waals surface area contributed by atoms with Crippen molar-refractivity contribution in [3.8, 4) is 0 Å². The van der Waals surface area contributed by atoms with Crippen LogP contribution in [0.2, 0.25) is 0 Å². The van der Waals surface area contributed by atoms with Gasteiger partial charge in [0.2, 0.25) is 5.91 Å². The number of halogens is 1. The Bertz CT molecular complexity index is 524. The average molecular weight is 315 g/mol. The number of ether oxygens (including phenoxy) is 1. The summed E-state index contributed by atoms with van der Waals surface area (Å²) in [5.41, 5.74) is 5.44. The van der Waals surface area contributed by atoms with Gasteiger partial charge in [0.15, 0.2) is 0 Å². The standard InChI is InChI=1S/C13H22FN5O3/c1-13(2,3)22-12(21)16-6-4-10(20)18-9-8-17-19(7-5-14)11(9)15/h8H,4-7,15H2,1-3H3,(H,16,21)(H,18,20). The van der Waals surface area contributed by atoms with Crippen LogP contribution in [-0.4, -0.2) is 40.6 Å². The lowest BCUT2D eigenvalue weighted by molar-refractivity contribution is -0.116. The molecule has 0 spiro atoms. The van der Waals surface area contributed by atoms with Gasteiger partial charge in [0.25, 0.3) is 0 Å². The SMILES string of the molecule is CC(C)(C)OC(=O)NCCC(=O)Nc1cnn(CCF)c1N. The first-order valence-electron chi connectivity index (χ1n) is 6.87. The first-order chi connectivity index (χ1) is 10.2. The highest BCUT2D eigenvalue weighted by Crippen LogP contribution is 2.17. The van der Waals surface area contributed by atoms with Crippen molar-refractivity contribution in [2.75, 3.05) is 24.3 Å². The maximum Gasteiger partial charge on any atom is 0.407 e. The molecule has 0 radical (unpaired) electrons. The molecule has 1 aromatic heterocycles. The zero-order valence-electron chi connectivity index (χ0n) is 13.0. The summed E-state index contributed by atoms with van der Waals surface area (Å²) in [6.45, 7) is 4.80. The minimum Gasteiger partial charge on any atom is -0.444 e. The Morgan fingerprint density at radius 1 is 1.45 bits per heavy atom. The second-order valence-electron chi connectivity index (χ2n) is 5.58. The van der Waals surface area contributed by atoms with Gasteiger partial charge in [-0.05, 0) is 20.8 Å². The van der Waals surface area contributed by atoms with Crippen LogP contribution in [-0.2, 0) is 16.1 Å². The first kappa shape index (κ1) is 17.7. The zero-order chi connectivity index (χ0) is 16.8. The van der Waals surface area contributed by atoms with E-state index < -0.39 is 18.4 Å². The Morgan fingerprint density at radius 2 is 2.14 bits per heavy atom. The number of nitrogens with two attached hydrogens (primary N) is 1. The van der Waals surface area contributed by atoms with Crippen LogP contribution < -0.4 is 16.4 Å². The molecule has 9 heteroatoms. The average Bonchev–Trinajstić information content (AvgIpc) is 2.70. The van der Waals surface area contributed by atoms with E-state index in [9.17, 15) is 14.0 Å². The van der Waals surface area contributed by atoms with Crippen molar-refractivity contribution in [3.63, 3.8) is 0 Å². The van der Waals surface area contributed by atoms with Gasteiger partial charge in [-0.15, -0.1) is 0 Å². The van der Waals surface area contributed by atoms with Crippen molar-refractivity contribution in [2.24, 2.45) is 0 Å². The highest BCUT2D eigenvalue weighted by atomic mass is 19.1. The second-order valence-corrected chi connectivity index (χ2v) is 5.58. The van der Waals surface area contributed by atoms with Gasteiger partial charge < -0.3 is 21.1 Å². The maximum absolute atomic E-state index is 12.2. The van der Waals surface area contributed by atoms with Crippen LogP contribution in [0.3, 0.4) is 0 Å². The predicted molar refractivity (Wildman–Crippen MR) is 80.1 cm³/mol. The summed E-state index contributed by atoms with van der Waals surface area (Å²) in [5.74, 6) is -0.159. The van der Waals surface area contributed by atoms with E-state index in [1.165, 1.54) is 10.9 Å². The molecule has 1 rings (SSSR count). The lowest BCUT2D eigenvalue weighted by Gasteiger charge is -2.19. The summed E-state index contributed by atoms with van der Waals surface area (Å²) < 4.78 is 18.5. The summed E-state index contributed by atoms with van der Waals surface area (Å²) in [6, 6.07) is 0. The number of alkyl halides is 1. The minimum atomic E-state index is -0.598. The molecule has 0 unspecified atom stereocenters. The maximum atomic E-state index is 12.2. The van der Waals surface area contributed by atoms with Crippen LogP contribution in [0.1, 0.15) is 27.2 Å². The van der Waals surface area contributed by atoms with Crippen LogP contribution in [0.15, 0.2) is 6.20 Å². The van der Waals surface area contributed by atoms with Crippen LogP contribution in [0.25, 0.3) is 0 Å². The Morgan fingerprint density at radius 3 is 2.73 bits per heavy atom. The molecular formula is C13H22FN5O3. The van der Waals surface area contributed by atoms with Gasteiger partial charge >= 0.3 is 6.09 Å². The molecule has 0 saturated carbocycles. The molecule has 8 nitrogen and oxygen atoms in total. The summed E-state index contributed by atoms with van der Waals surface area (Å²) in [6.07, 6.45) is 0.813. The van der Waals surface area contributed by atoms with Crippen molar-refractivity contribution in [3.05, 3.63) is 6.20 Å². The smallest absolute Gasteiger partial charge is 0.407 e. The Kier molecular flexibility index (Phi) is 6.14. The minimum absolute atomic E-state index is 0.0297. The summed E-state index contributed by atoms with van der Waals surface area (Å²) in [5, 5.41) is 8.88. The van der Waals surface area contributed by atoms with E-state index in [1.807, 2.05) is 0 Å². The quantitative estimate of drug-likeness (QED) is 0.732. The molecule has 124 valence electrons. The van der Waals surface area contributed by atoms with Gasteiger partial charge in [-0.3, -0.25) is 4.79 Å². The molecule has 2 amide bonds. The number of hydrogen-bond acceptors (Lipinski definition) is 5. The topological polar surface area (TPSA) is 111 Å². The third-order valence-electron chi connectivity index (χ3n) is 2.47. The van der Waals surface area contributed by atoms with Crippen LogP contribution >= 0.6 is 0 Å². The van der Waals surface area contributed by atoms with Gasteiger partial charge in [-0.25, -0.2) is 13.9 Å². The van der Waals surface area contributed by atoms with E-state index in [2.05, 4.69) is 15.7 Å². The number of alkyl carbamates (subject to hydrolysis) is 1. The van der Waals surface area contributed by atoms with Crippen LogP contribution in [0.4, 0.5) is 20.7 Å². The van der Waals surface area contributed by atoms with Crippen molar-refractivity contribution >= 4 is 23.5 Å². The van der Waals surface area contributed by atoms with Crippen molar-refractivity contribution < 1.29 is 18.7 Å². The molecule has 0 aromatic carbocycles. The molecule has 0 saturated heterocycles. The zero-order valence-corrected chi connectivity index (χ0v) is 13.0. The highest BCUT2D eigenvalue weighted by molar-refractivity contribution is 5.93. The molecule has 4 N–H and O–H groups in total. The molecule has 1 heterocycles. The number of nitrogen functional groups attached to an aromatic ring is 1. The number of aryl methyl sites for hydroxylation is 1. The number of rotatable bonds is 6. The molecule has 0 aliphatic heterocycles. The number of aromatic nitrogens is 2. The molecule has 0 fully saturated rings. The van der Waals surface area contributed by atoms with E-state index in [-0.39, 0.29) is 31.2 Å². The molecule has 0 atom stereocenters. The van der Waals surface area contributed by atoms with E-state index in [1.54, 1.807) is 20.8 Å². The monoisotopic (exact) mass is 315 g/mol. The fourth-order valence-corrected chi connectivity index (χ4v) is 1.55. The molecule has 0 aliphatic carbocycles. The van der Waals surface area contributed by atoms with E-state index in [4.69, 9.17) is 10.5 Å². The molecule has 1 aromatic rings. The Hall–Kier alpha value is -2.32. The van der Waals surface area contributed by atoms with Crippen LogP contribution in [0, 0.1) is 0 Å². The fraction of sp³-hybridized carbons (Fsp3) is 0.615. The third kappa shape index (κ3) is 5.98. The molecule has 0 aliphatic rings. The molecular weight excluding hydrogens is 293 g/mol. The lowest BCUT2D eigenvalue weighted by atomic mass is 10.2. The number of carbonyl (C=O) groups excluding carboxylic acids is 2. The second kappa shape index (κ2) is 7.62. The largest absolute Gasteiger partial charge is 0.444 e. The van der Waals surface area contributed by atoms with Crippen molar-refractivity contribution in [1.29, 1.82) is 0 Å². The van der Waals surface area contributed by atoms with E-state index in [0.717, 1.165) is 0 Å². The number of hydrogen-bond donors (Lipinski definition) is 3. The summed E-state index contributed by atoms with van der Waals surface area (Å²) in [4.78, 5) is 23.1. The molecule has 22 heavy (non-hydrogen) atoms. The van der Waals surface area contributed by atoms with Gasteiger partial charge in [0.05, 0.1) is 12.7 Å². The van der Waals surface area contributed by atoms with Crippen molar-refractivity contribution in [2.45, 2.75) is 39.3 Å².